The lowest BCUT2D eigenvalue weighted by Gasteiger charge is -2.07. The fourth-order valence-corrected chi connectivity index (χ4v) is 1.11. The highest BCUT2D eigenvalue weighted by Gasteiger charge is 1.99. The normalized spacial score (nSPS) is 9.62. The molecule has 1 rings (SSSR count). The molecule has 0 atom stereocenters. The van der Waals surface area contributed by atoms with Crippen LogP contribution < -0.4 is 9.47 Å². The zero-order valence-electron chi connectivity index (χ0n) is 9.56. The van der Waals surface area contributed by atoms with E-state index in [1.807, 2.05) is 18.2 Å². The number of benzene rings is 1. The van der Waals surface area contributed by atoms with E-state index < -0.39 is 0 Å². The van der Waals surface area contributed by atoms with Crippen molar-refractivity contribution < 1.29 is 19.0 Å². The monoisotopic (exact) mass is 224 g/mol. The molecule has 16 heavy (non-hydrogen) atoms. The first-order valence-corrected chi connectivity index (χ1v) is 5.18. The molecule has 1 aromatic rings. The van der Waals surface area contributed by atoms with E-state index in [4.69, 9.17) is 14.2 Å². The molecule has 0 aliphatic heterocycles. The van der Waals surface area contributed by atoms with Gasteiger partial charge in [-0.2, -0.15) is 0 Å². The summed E-state index contributed by atoms with van der Waals surface area (Å²) in [5.74, 6) is 1.23. The number of ether oxygens (including phenoxy) is 3. The first kappa shape index (κ1) is 12.4. The van der Waals surface area contributed by atoms with Crippen LogP contribution in [0.1, 0.15) is 13.3 Å². The molecular formula is C12H16O4. The van der Waals surface area contributed by atoms with Gasteiger partial charge in [0.2, 0.25) is 0 Å². The van der Waals surface area contributed by atoms with Gasteiger partial charge in [-0.3, -0.25) is 4.79 Å². The van der Waals surface area contributed by atoms with Gasteiger partial charge in [0.1, 0.15) is 24.7 Å². The number of hydrogen-bond donors (Lipinski definition) is 0. The minimum atomic E-state index is -0.214. The zero-order valence-corrected chi connectivity index (χ0v) is 9.56. The molecule has 0 fully saturated rings. The van der Waals surface area contributed by atoms with Crippen LogP contribution in [0.2, 0.25) is 0 Å². The maximum Gasteiger partial charge on any atom is 0.305 e. The van der Waals surface area contributed by atoms with Gasteiger partial charge in [0, 0.05) is 12.5 Å². The van der Waals surface area contributed by atoms with Crippen LogP contribution in [0.15, 0.2) is 24.3 Å². The van der Waals surface area contributed by atoms with Crippen molar-refractivity contribution in [1.29, 1.82) is 0 Å². The highest BCUT2D eigenvalue weighted by molar-refractivity contribution is 5.68. The molecule has 0 aliphatic carbocycles. The second kappa shape index (κ2) is 6.71. The Kier molecular flexibility index (Phi) is 5.19. The van der Waals surface area contributed by atoms with E-state index in [-0.39, 0.29) is 12.6 Å². The van der Waals surface area contributed by atoms with E-state index in [0.717, 1.165) is 5.75 Å². The standard InChI is InChI=1S/C12H16O4/c1-3-12(13)16-8-7-15-11-6-4-5-10(9-11)14-2/h4-6,9H,3,7-8H2,1-2H3. The third-order valence-corrected chi connectivity index (χ3v) is 1.94. The lowest BCUT2D eigenvalue weighted by atomic mass is 10.3. The third kappa shape index (κ3) is 4.21. The summed E-state index contributed by atoms with van der Waals surface area (Å²) < 4.78 is 15.3. The largest absolute Gasteiger partial charge is 0.497 e. The van der Waals surface area contributed by atoms with Gasteiger partial charge in [0.05, 0.1) is 7.11 Å². The van der Waals surface area contributed by atoms with Crippen LogP contribution in [0.3, 0.4) is 0 Å². The average molecular weight is 224 g/mol. The summed E-state index contributed by atoms with van der Waals surface area (Å²) in [4.78, 5) is 10.8. The zero-order chi connectivity index (χ0) is 11.8. The summed E-state index contributed by atoms with van der Waals surface area (Å²) >= 11 is 0. The molecule has 0 saturated heterocycles. The number of rotatable bonds is 6. The van der Waals surface area contributed by atoms with Gasteiger partial charge >= 0.3 is 5.97 Å². The lowest BCUT2D eigenvalue weighted by Crippen LogP contribution is -2.11. The van der Waals surface area contributed by atoms with Crippen molar-refractivity contribution in [3.05, 3.63) is 24.3 Å². The third-order valence-electron chi connectivity index (χ3n) is 1.94. The molecule has 1 aromatic carbocycles. The van der Waals surface area contributed by atoms with Gasteiger partial charge in [-0.15, -0.1) is 0 Å². The van der Waals surface area contributed by atoms with Crippen molar-refractivity contribution in [2.75, 3.05) is 20.3 Å². The molecule has 0 saturated carbocycles. The first-order chi connectivity index (χ1) is 7.76. The minimum Gasteiger partial charge on any atom is -0.497 e. The van der Waals surface area contributed by atoms with Crippen molar-refractivity contribution in [3.63, 3.8) is 0 Å². The van der Waals surface area contributed by atoms with Crippen molar-refractivity contribution in [2.24, 2.45) is 0 Å². The molecule has 0 aromatic heterocycles. The molecule has 0 unspecified atom stereocenters. The number of carbonyl (C=O) groups is 1. The fourth-order valence-electron chi connectivity index (χ4n) is 1.11. The molecule has 0 bridgehead atoms. The summed E-state index contributed by atoms with van der Waals surface area (Å²) in [5.41, 5.74) is 0. The Hall–Kier alpha value is -1.71. The number of esters is 1. The average Bonchev–Trinajstić information content (AvgIpc) is 2.34. The molecule has 0 N–H and O–H groups in total. The summed E-state index contributed by atoms with van der Waals surface area (Å²) in [6.07, 6.45) is 0.388. The Bertz CT molecular complexity index is 336. The van der Waals surface area contributed by atoms with Gasteiger partial charge in [0.25, 0.3) is 0 Å². The smallest absolute Gasteiger partial charge is 0.305 e. The van der Waals surface area contributed by atoms with E-state index in [1.54, 1.807) is 20.1 Å². The van der Waals surface area contributed by atoms with E-state index in [9.17, 15) is 4.79 Å². The van der Waals surface area contributed by atoms with Crippen molar-refractivity contribution in [2.45, 2.75) is 13.3 Å². The Morgan fingerprint density at radius 3 is 2.69 bits per heavy atom. The molecule has 0 heterocycles. The highest BCUT2D eigenvalue weighted by atomic mass is 16.6. The Balaban J connectivity index is 2.28. The Labute approximate surface area is 95.1 Å². The Morgan fingerprint density at radius 1 is 1.25 bits per heavy atom. The summed E-state index contributed by atoms with van der Waals surface area (Å²) in [7, 11) is 1.60. The molecular weight excluding hydrogens is 208 g/mol. The van der Waals surface area contributed by atoms with Crippen LogP contribution >= 0.6 is 0 Å². The topological polar surface area (TPSA) is 44.8 Å². The van der Waals surface area contributed by atoms with Crippen molar-refractivity contribution >= 4 is 5.97 Å². The van der Waals surface area contributed by atoms with E-state index >= 15 is 0 Å². The van der Waals surface area contributed by atoms with Crippen LogP contribution in [0.25, 0.3) is 0 Å². The predicted molar refractivity (Wildman–Crippen MR) is 59.7 cm³/mol. The van der Waals surface area contributed by atoms with E-state index in [0.29, 0.717) is 18.8 Å². The minimum absolute atomic E-state index is 0.214. The number of methoxy groups -OCH3 is 1. The van der Waals surface area contributed by atoms with E-state index in [1.165, 1.54) is 0 Å². The maximum absolute atomic E-state index is 10.8. The summed E-state index contributed by atoms with van der Waals surface area (Å²) in [6.45, 7) is 2.37. The molecule has 0 radical (unpaired) electrons. The van der Waals surface area contributed by atoms with Crippen LogP contribution in [0.5, 0.6) is 11.5 Å². The molecule has 4 nitrogen and oxygen atoms in total. The molecule has 0 amide bonds. The number of carbonyl (C=O) groups excluding carboxylic acids is 1. The predicted octanol–water partition coefficient (Wildman–Crippen LogP) is 2.03. The quantitative estimate of drug-likeness (QED) is 0.548. The van der Waals surface area contributed by atoms with Gasteiger partial charge in [-0.05, 0) is 12.1 Å². The second-order valence-electron chi connectivity index (χ2n) is 3.10. The summed E-state index contributed by atoms with van der Waals surface area (Å²) in [5, 5.41) is 0. The SMILES string of the molecule is CCC(=O)OCCOc1cccc(OC)c1. The van der Waals surface area contributed by atoms with Crippen molar-refractivity contribution in [3.8, 4) is 11.5 Å². The molecule has 0 spiro atoms. The van der Waals surface area contributed by atoms with Gasteiger partial charge < -0.3 is 14.2 Å². The molecule has 0 aliphatic rings. The second-order valence-corrected chi connectivity index (χ2v) is 3.10. The molecule has 4 heteroatoms. The van der Waals surface area contributed by atoms with E-state index in [2.05, 4.69) is 0 Å². The van der Waals surface area contributed by atoms with Gasteiger partial charge in [-0.1, -0.05) is 13.0 Å². The van der Waals surface area contributed by atoms with Crippen molar-refractivity contribution in [1.82, 2.24) is 0 Å². The lowest BCUT2D eigenvalue weighted by molar-refractivity contribution is -0.143. The first-order valence-electron chi connectivity index (χ1n) is 5.18. The maximum atomic E-state index is 10.8. The Morgan fingerprint density at radius 2 is 2.00 bits per heavy atom. The van der Waals surface area contributed by atoms with Crippen LogP contribution in [-0.4, -0.2) is 26.3 Å². The van der Waals surface area contributed by atoms with Crippen LogP contribution in [0, 0.1) is 0 Å². The summed E-state index contributed by atoms with van der Waals surface area (Å²) in [6, 6.07) is 7.28. The highest BCUT2D eigenvalue weighted by Crippen LogP contribution is 2.18. The van der Waals surface area contributed by atoms with Gasteiger partial charge in [-0.25, -0.2) is 0 Å². The molecule has 88 valence electrons. The fraction of sp³-hybridized carbons (Fsp3) is 0.417. The number of hydrogen-bond acceptors (Lipinski definition) is 4. The van der Waals surface area contributed by atoms with Gasteiger partial charge in [0.15, 0.2) is 0 Å². The van der Waals surface area contributed by atoms with Crippen LogP contribution in [0.4, 0.5) is 0 Å². The van der Waals surface area contributed by atoms with Crippen LogP contribution in [-0.2, 0) is 9.53 Å².